The minimum atomic E-state index is -4.30. The lowest BCUT2D eigenvalue weighted by Gasteiger charge is -2.25. The molecule has 0 spiro atoms. The zero-order valence-corrected chi connectivity index (χ0v) is 12.1. The molecule has 1 aliphatic rings. The van der Waals surface area contributed by atoms with E-state index in [0.29, 0.717) is 12.0 Å². The monoisotopic (exact) mass is 303 g/mol. The van der Waals surface area contributed by atoms with Crippen LogP contribution in [0, 0.1) is 11.8 Å². The molecule has 6 heteroatoms. The molecule has 21 heavy (non-hydrogen) atoms. The van der Waals surface area contributed by atoms with Gasteiger partial charge < -0.3 is 14.8 Å². The van der Waals surface area contributed by atoms with Gasteiger partial charge in [-0.05, 0) is 30.5 Å². The number of halogens is 3. The molecule has 0 aromatic heterocycles. The SMILES string of the molecule is COC(OC)[C@H]1CNC[C@H]1Cc1cccc(C(F)(F)F)c1. The van der Waals surface area contributed by atoms with E-state index in [0.717, 1.165) is 19.2 Å². The van der Waals surface area contributed by atoms with E-state index in [2.05, 4.69) is 5.32 Å². The molecule has 0 amide bonds. The molecule has 1 aromatic rings. The summed E-state index contributed by atoms with van der Waals surface area (Å²) < 4.78 is 48.8. The summed E-state index contributed by atoms with van der Waals surface area (Å²) in [4.78, 5) is 0. The van der Waals surface area contributed by atoms with E-state index in [4.69, 9.17) is 9.47 Å². The van der Waals surface area contributed by atoms with Crippen LogP contribution >= 0.6 is 0 Å². The summed E-state index contributed by atoms with van der Waals surface area (Å²) in [6, 6.07) is 5.52. The van der Waals surface area contributed by atoms with E-state index in [1.165, 1.54) is 12.1 Å². The largest absolute Gasteiger partial charge is 0.416 e. The van der Waals surface area contributed by atoms with Crippen LogP contribution in [0.3, 0.4) is 0 Å². The molecule has 0 aliphatic carbocycles. The van der Waals surface area contributed by atoms with Crippen molar-refractivity contribution in [1.29, 1.82) is 0 Å². The summed E-state index contributed by atoms with van der Waals surface area (Å²) in [7, 11) is 3.15. The predicted octanol–water partition coefficient (Wildman–Crippen LogP) is 2.70. The van der Waals surface area contributed by atoms with E-state index in [-0.39, 0.29) is 18.1 Å². The van der Waals surface area contributed by atoms with Crippen molar-refractivity contribution in [2.75, 3.05) is 27.3 Å². The molecule has 1 aromatic carbocycles. The van der Waals surface area contributed by atoms with Crippen molar-refractivity contribution in [3.05, 3.63) is 35.4 Å². The minimum Gasteiger partial charge on any atom is -0.356 e. The van der Waals surface area contributed by atoms with Gasteiger partial charge in [-0.3, -0.25) is 0 Å². The van der Waals surface area contributed by atoms with Gasteiger partial charge in [0, 0.05) is 26.7 Å². The average Bonchev–Trinajstić information content (AvgIpc) is 2.88. The smallest absolute Gasteiger partial charge is 0.356 e. The van der Waals surface area contributed by atoms with E-state index in [1.807, 2.05) is 0 Å². The first-order valence-corrected chi connectivity index (χ1v) is 6.88. The van der Waals surface area contributed by atoms with E-state index >= 15 is 0 Å². The minimum absolute atomic E-state index is 0.134. The number of hydrogen-bond acceptors (Lipinski definition) is 3. The van der Waals surface area contributed by atoms with Crippen LogP contribution < -0.4 is 5.32 Å². The summed E-state index contributed by atoms with van der Waals surface area (Å²) >= 11 is 0. The molecule has 118 valence electrons. The molecule has 0 bridgehead atoms. The van der Waals surface area contributed by atoms with Crippen LogP contribution in [-0.4, -0.2) is 33.6 Å². The number of methoxy groups -OCH3 is 2. The number of hydrogen-bond donors (Lipinski definition) is 1. The second-order valence-corrected chi connectivity index (χ2v) is 5.32. The van der Waals surface area contributed by atoms with Crippen molar-refractivity contribution in [3.63, 3.8) is 0 Å². The summed E-state index contributed by atoms with van der Waals surface area (Å²) in [5.41, 5.74) is 0.0898. The molecule has 0 radical (unpaired) electrons. The van der Waals surface area contributed by atoms with Gasteiger partial charge >= 0.3 is 6.18 Å². The standard InChI is InChI=1S/C15H20F3NO2/c1-20-14(21-2)13-9-19-8-11(13)6-10-4-3-5-12(7-10)15(16,17)18/h3-5,7,11,13-14,19H,6,8-9H2,1-2H3/t11-,13+/m1/s1. The van der Waals surface area contributed by atoms with Crippen LogP contribution in [-0.2, 0) is 22.1 Å². The van der Waals surface area contributed by atoms with Gasteiger partial charge in [-0.2, -0.15) is 13.2 Å². The third-order valence-corrected chi connectivity index (χ3v) is 3.96. The third-order valence-electron chi connectivity index (χ3n) is 3.96. The van der Waals surface area contributed by atoms with Gasteiger partial charge in [-0.15, -0.1) is 0 Å². The zero-order chi connectivity index (χ0) is 15.5. The Hall–Kier alpha value is -1.11. The lowest BCUT2D eigenvalue weighted by Crippen LogP contribution is -2.31. The maximum absolute atomic E-state index is 12.7. The lowest BCUT2D eigenvalue weighted by atomic mass is 9.88. The van der Waals surface area contributed by atoms with Crippen LogP contribution in [0.2, 0.25) is 0 Å². The Kier molecular flexibility index (Phi) is 5.24. The Balaban J connectivity index is 2.10. The first-order chi connectivity index (χ1) is 9.95. The molecule has 1 heterocycles. The van der Waals surface area contributed by atoms with Crippen molar-refractivity contribution in [2.24, 2.45) is 11.8 Å². The fourth-order valence-corrected chi connectivity index (χ4v) is 2.92. The zero-order valence-electron chi connectivity index (χ0n) is 12.1. The Morgan fingerprint density at radius 3 is 2.57 bits per heavy atom. The molecular weight excluding hydrogens is 283 g/mol. The van der Waals surface area contributed by atoms with Crippen molar-refractivity contribution in [3.8, 4) is 0 Å². The first kappa shape index (κ1) is 16.3. The highest BCUT2D eigenvalue weighted by Gasteiger charge is 2.35. The highest BCUT2D eigenvalue weighted by atomic mass is 19.4. The van der Waals surface area contributed by atoms with Crippen molar-refractivity contribution >= 4 is 0 Å². The maximum atomic E-state index is 12.7. The normalized spacial score (nSPS) is 23.0. The number of nitrogens with one attached hydrogen (secondary N) is 1. The quantitative estimate of drug-likeness (QED) is 0.849. The molecule has 0 saturated carbocycles. The summed E-state index contributed by atoms with van der Waals surface area (Å²) in [6.45, 7) is 1.50. The Labute approximate surface area is 122 Å². The molecule has 1 N–H and O–H groups in total. The Morgan fingerprint density at radius 2 is 1.95 bits per heavy atom. The molecule has 1 saturated heterocycles. The summed E-state index contributed by atoms with van der Waals surface area (Å²) in [5.74, 6) is 0.327. The Morgan fingerprint density at radius 1 is 1.24 bits per heavy atom. The van der Waals surface area contributed by atoms with Crippen molar-refractivity contribution in [2.45, 2.75) is 18.9 Å². The lowest BCUT2D eigenvalue weighted by molar-refractivity contribution is -0.141. The molecule has 1 fully saturated rings. The van der Waals surface area contributed by atoms with Crippen molar-refractivity contribution < 1.29 is 22.6 Å². The van der Waals surface area contributed by atoms with E-state index < -0.39 is 11.7 Å². The molecule has 2 atom stereocenters. The third kappa shape index (κ3) is 3.96. The van der Waals surface area contributed by atoms with Gasteiger partial charge in [-0.1, -0.05) is 18.2 Å². The Bertz CT molecular complexity index is 460. The molecular formula is C15H20F3NO2. The van der Waals surface area contributed by atoms with Gasteiger partial charge in [0.1, 0.15) is 0 Å². The molecule has 1 aliphatic heterocycles. The van der Waals surface area contributed by atoms with Crippen molar-refractivity contribution in [1.82, 2.24) is 5.32 Å². The molecule has 0 unspecified atom stereocenters. The van der Waals surface area contributed by atoms with Crippen LogP contribution in [0.1, 0.15) is 11.1 Å². The van der Waals surface area contributed by atoms with Gasteiger partial charge in [0.25, 0.3) is 0 Å². The van der Waals surface area contributed by atoms with E-state index in [9.17, 15) is 13.2 Å². The number of ether oxygens (including phenoxy) is 2. The van der Waals surface area contributed by atoms with Crippen LogP contribution in [0.4, 0.5) is 13.2 Å². The van der Waals surface area contributed by atoms with Crippen LogP contribution in [0.25, 0.3) is 0 Å². The second-order valence-electron chi connectivity index (χ2n) is 5.32. The number of rotatable bonds is 5. The van der Waals surface area contributed by atoms with Crippen LogP contribution in [0.15, 0.2) is 24.3 Å². The molecule has 3 nitrogen and oxygen atoms in total. The van der Waals surface area contributed by atoms with Crippen LogP contribution in [0.5, 0.6) is 0 Å². The van der Waals surface area contributed by atoms with Gasteiger partial charge in [0.05, 0.1) is 5.56 Å². The fourth-order valence-electron chi connectivity index (χ4n) is 2.92. The van der Waals surface area contributed by atoms with Gasteiger partial charge in [0.15, 0.2) is 6.29 Å². The van der Waals surface area contributed by atoms with Gasteiger partial charge in [0.2, 0.25) is 0 Å². The number of alkyl halides is 3. The fraction of sp³-hybridized carbons (Fsp3) is 0.600. The van der Waals surface area contributed by atoms with E-state index in [1.54, 1.807) is 20.3 Å². The predicted molar refractivity (Wildman–Crippen MR) is 72.8 cm³/mol. The maximum Gasteiger partial charge on any atom is 0.416 e. The topological polar surface area (TPSA) is 30.5 Å². The van der Waals surface area contributed by atoms with Gasteiger partial charge in [-0.25, -0.2) is 0 Å². The second kappa shape index (κ2) is 6.77. The summed E-state index contributed by atoms with van der Waals surface area (Å²) in [5, 5.41) is 3.25. The highest BCUT2D eigenvalue weighted by Crippen LogP contribution is 2.31. The average molecular weight is 303 g/mol. The molecule has 2 rings (SSSR count). The first-order valence-electron chi connectivity index (χ1n) is 6.88. The number of benzene rings is 1. The summed E-state index contributed by atoms with van der Waals surface area (Å²) in [6.07, 6.45) is -4.06. The highest BCUT2D eigenvalue weighted by molar-refractivity contribution is 5.26.